The van der Waals surface area contributed by atoms with Gasteiger partial charge in [0.1, 0.15) is 0 Å². The summed E-state index contributed by atoms with van der Waals surface area (Å²) in [4.78, 5) is 29.6. The molecule has 0 bridgehead atoms. The average Bonchev–Trinajstić information content (AvgIpc) is 3.07. The third-order valence-corrected chi connectivity index (χ3v) is 7.26. The van der Waals surface area contributed by atoms with Crippen LogP contribution in [0.25, 0.3) is 0 Å². The molecule has 0 aliphatic carbocycles. The molecular weight excluding hydrogens is 376 g/mol. The van der Waals surface area contributed by atoms with Crippen LogP contribution in [0.2, 0.25) is 5.02 Å². The van der Waals surface area contributed by atoms with E-state index in [1.807, 2.05) is 29.2 Å². The third kappa shape index (κ3) is 3.30. The number of carbonyl (C=O) groups excluding carboxylic acids is 2. The van der Waals surface area contributed by atoms with Crippen LogP contribution in [0.1, 0.15) is 26.5 Å². The summed E-state index contributed by atoms with van der Waals surface area (Å²) < 4.78 is 0.995. The fourth-order valence-electron chi connectivity index (χ4n) is 3.17. The van der Waals surface area contributed by atoms with Crippen LogP contribution < -0.4 is 4.90 Å². The number of hydrogen-bond acceptors (Lipinski definition) is 5. The maximum absolute atomic E-state index is 12.8. The van der Waals surface area contributed by atoms with E-state index in [-0.39, 0.29) is 11.7 Å². The van der Waals surface area contributed by atoms with Crippen molar-refractivity contribution in [3.63, 3.8) is 0 Å². The normalized spacial score (nSPS) is 17.6. The molecule has 2 aliphatic heterocycles. The molecule has 1 amide bonds. The number of fused-ring (bicyclic) bond motifs is 1. The van der Waals surface area contributed by atoms with Crippen LogP contribution in [0.5, 0.6) is 0 Å². The molecule has 2 aromatic rings. The van der Waals surface area contributed by atoms with Crippen LogP contribution in [0.4, 0.5) is 5.69 Å². The highest BCUT2D eigenvalue weighted by molar-refractivity contribution is 8.01. The molecule has 0 unspecified atom stereocenters. The number of piperazine rings is 1. The van der Waals surface area contributed by atoms with Gasteiger partial charge in [0.25, 0.3) is 5.91 Å². The maximum Gasteiger partial charge on any atom is 0.264 e. The van der Waals surface area contributed by atoms with Gasteiger partial charge in [-0.1, -0.05) is 23.7 Å². The topological polar surface area (TPSA) is 40.6 Å². The van der Waals surface area contributed by atoms with Gasteiger partial charge in [-0.2, -0.15) is 0 Å². The number of rotatable bonds is 2. The lowest BCUT2D eigenvalue weighted by molar-refractivity contribution is 0.0751. The molecule has 1 saturated heterocycles. The van der Waals surface area contributed by atoms with Crippen LogP contribution in [0.15, 0.2) is 34.5 Å². The number of ketones is 1. The molecule has 0 radical (unpaired) electrons. The van der Waals surface area contributed by atoms with Crippen LogP contribution >= 0.6 is 34.7 Å². The molecule has 4 nitrogen and oxygen atoms in total. The predicted molar refractivity (Wildman–Crippen MR) is 104 cm³/mol. The molecule has 0 spiro atoms. The summed E-state index contributed by atoms with van der Waals surface area (Å²) in [5.74, 6) is 1.01. The number of anilines is 1. The summed E-state index contributed by atoms with van der Waals surface area (Å²) in [6.45, 7) is 2.84. The van der Waals surface area contributed by atoms with Crippen LogP contribution in [0.3, 0.4) is 0 Å². The second kappa shape index (κ2) is 7.02. The molecule has 0 atom stereocenters. The Morgan fingerprint density at radius 3 is 2.60 bits per heavy atom. The number of thioether (sulfide) groups is 1. The Labute approximate surface area is 159 Å². The number of amides is 1. The van der Waals surface area contributed by atoms with E-state index in [1.165, 1.54) is 11.3 Å². The van der Waals surface area contributed by atoms with E-state index >= 15 is 0 Å². The molecule has 7 heteroatoms. The van der Waals surface area contributed by atoms with Crippen LogP contribution in [0, 0.1) is 0 Å². The number of para-hydroxylation sites is 1. The Kier molecular flexibility index (Phi) is 4.75. The maximum atomic E-state index is 12.8. The Bertz CT molecular complexity index is 828. The van der Waals surface area contributed by atoms with Gasteiger partial charge in [-0.15, -0.1) is 23.1 Å². The number of Topliss-reactive ketones (excluding diaryl/α,β-unsaturated/α-hetero) is 1. The smallest absolute Gasteiger partial charge is 0.264 e. The average molecular weight is 393 g/mol. The van der Waals surface area contributed by atoms with E-state index in [2.05, 4.69) is 4.90 Å². The van der Waals surface area contributed by atoms with Crippen molar-refractivity contribution < 1.29 is 9.59 Å². The summed E-state index contributed by atoms with van der Waals surface area (Å²) in [6.07, 6.45) is 0.568. The minimum Gasteiger partial charge on any atom is -0.367 e. The van der Waals surface area contributed by atoms with Gasteiger partial charge in [-0.05, 0) is 18.2 Å². The monoisotopic (exact) mass is 392 g/mol. The number of halogens is 1. The Hall–Kier alpha value is -1.50. The molecule has 1 aromatic carbocycles. The molecule has 1 fully saturated rings. The third-order valence-electron chi connectivity index (χ3n) is 4.53. The largest absolute Gasteiger partial charge is 0.367 e. The first-order valence-electron chi connectivity index (χ1n) is 8.22. The van der Waals surface area contributed by atoms with Crippen molar-refractivity contribution in [2.75, 3.05) is 36.8 Å². The first-order valence-corrected chi connectivity index (χ1v) is 10.4. The van der Waals surface area contributed by atoms with Gasteiger partial charge < -0.3 is 9.80 Å². The van der Waals surface area contributed by atoms with Crippen molar-refractivity contribution >= 4 is 52.1 Å². The number of nitrogens with zero attached hydrogens (tertiary/aromatic N) is 2. The van der Waals surface area contributed by atoms with Gasteiger partial charge >= 0.3 is 0 Å². The van der Waals surface area contributed by atoms with Crippen molar-refractivity contribution in [1.29, 1.82) is 0 Å². The van der Waals surface area contributed by atoms with E-state index in [0.717, 1.165) is 39.3 Å². The highest BCUT2D eigenvalue weighted by atomic mass is 35.5. The van der Waals surface area contributed by atoms with E-state index in [9.17, 15) is 9.59 Å². The molecule has 0 saturated carbocycles. The van der Waals surface area contributed by atoms with E-state index in [4.69, 9.17) is 11.6 Å². The summed E-state index contributed by atoms with van der Waals surface area (Å²) >= 11 is 9.41. The zero-order valence-electron chi connectivity index (χ0n) is 13.5. The van der Waals surface area contributed by atoms with Crippen molar-refractivity contribution in [3.8, 4) is 0 Å². The molecule has 4 rings (SSSR count). The Morgan fingerprint density at radius 2 is 1.88 bits per heavy atom. The zero-order chi connectivity index (χ0) is 17.4. The minimum atomic E-state index is 0.0339. The Morgan fingerprint density at radius 1 is 1.12 bits per heavy atom. The van der Waals surface area contributed by atoms with Crippen LogP contribution in [-0.4, -0.2) is 48.5 Å². The number of hydrogen-bond donors (Lipinski definition) is 0. The highest BCUT2D eigenvalue weighted by Crippen LogP contribution is 2.37. The molecule has 2 aliphatic rings. The van der Waals surface area contributed by atoms with Crippen molar-refractivity contribution in [2.45, 2.75) is 10.6 Å². The fraction of sp³-hybridized carbons (Fsp3) is 0.333. The SMILES string of the molecule is O=C1CCSc2sc(C(=O)N3CCN(c4ccccc4Cl)CC3)cc21. The van der Waals surface area contributed by atoms with Crippen molar-refractivity contribution in [2.24, 2.45) is 0 Å². The lowest BCUT2D eigenvalue weighted by atomic mass is 10.1. The Balaban J connectivity index is 1.45. The first kappa shape index (κ1) is 16.9. The second-order valence-electron chi connectivity index (χ2n) is 6.06. The second-order valence-corrected chi connectivity index (χ2v) is 8.89. The molecular formula is C18H17ClN2O2S2. The molecule has 0 N–H and O–H groups in total. The lowest BCUT2D eigenvalue weighted by Gasteiger charge is -2.36. The summed E-state index contributed by atoms with van der Waals surface area (Å²) in [7, 11) is 0. The predicted octanol–water partition coefficient (Wildman–Crippen LogP) is 4.04. The minimum absolute atomic E-state index is 0.0339. The lowest BCUT2D eigenvalue weighted by Crippen LogP contribution is -2.48. The number of thiophene rings is 1. The summed E-state index contributed by atoms with van der Waals surface area (Å²) in [5.41, 5.74) is 1.75. The van der Waals surface area contributed by atoms with Gasteiger partial charge in [0.2, 0.25) is 0 Å². The van der Waals surface area contributed by atoms with Gasteiger partial charge in [-0.25, -0.2) is 0 Å². The van der Waals surface area contributed by atoms with Gasteiger partial charge in [0.05, 0.1) is 19.8 Å². The highest BCUT2D eigenvalue weighted by Gasteiger charge is 2.28. The van der Waals surface area contributed by atoms with E-state index in [0.29, 0.717) is 24.4 Å². The van der Waals surface area contributed by atoms with Gasteiger partial charge in [0.15, 0.2) is 5.78 Å². The molecule has 130 valence electrons. The number of carbonyl (C=O) groups is 2. The fourth-order valence-corrected chi connectivity index (χ4v) is 5.85. The number of benzene rings is 1. The van der Waals surface area contributed by atoms with Crippen molar-refractivity contribution in [1.82, 2.24) is 4.90 Å². The molecule has 1 aromatic heterocycles. The van der Waals surface area contributed by atoms with Crippen LogP contribution in [-0.2, 0) is 0 Å². The zero-order valence-corrected chi connectivity index (χ0v) is 15.9. The summed E-state index contributed by atoms with van der Waals surface area (Å²) in [6, 6.07) is 9.58. The van der Waals surface area contributed by atoms with Crippen molar-refractivity contribution in [3.05, 3.63) is 45.8 Å². The van der Waals surface area contributed by atoms with E-state index < -0.39 is 0 Å². The quantitative estimate of drug-likeness (QED) is 0.773. The van der Waals surface area contributed by atoms with E-state index in [1.54, 1.807) is 17.8 Å². The standard InChI is InChI=1S/C18H17ClN2O2S2/c19-13-3-1-2-4-14(13)20-6-8-21(9-7-20)17(23)16-11-12-15(22)5-10-24-18(12)25-16/h1-4,11H,5-10H2. The molecule has 3 heterocycles. The summed E-state index contributed by atoms with van der Waals surface area (Å²) in [5, 5.41) is 0.740. The van der Waals surface area contributed by atoms with Gasteiger partial charge in [0, 0.05) is 43.9 Å². The van der Waals surface area contributed by atoms with Gasteiger partial charge in [-0.3, -0.25) is 9.59 Å². The first-order chi connectivity index (χ1) is 12.1. The molecule has 25 heavy (non-hydrogen) atoms.